The maximum atomic E-state index is 13.6. The van der Waals surface area contributed by atoms with Crippen molar-refractivity contribution in [2.45, 2.75) is 71.2 Å². The van der Waals surface area contributed by atoms with Crippen LogP contribution in [0.2, 0.25) is 0 Å². The summed E-state index contributed by atoms with van der Waals surface area (Å²) in [6, 6.07) is 25.1. The van der Waals surface area contributed by atoms with Gasteiger partial charge in [0.05, 0.1) is 17.8 Å². The first-order valence-electron chi connectivity index (χ1n) is 15.9. The summed E-state index contributed by atoms with van der Waals surface area (Å²) in [5.74, 6) is -0.984. The summed E-state index contributed by atoms with van der Waals surface area (Å²) in [4.78, 5) is 43.1. The molecule has 10 nitrogen and oxygen atoms in total. The van der Waals surface area contributed by atoms with Crippen LogP contribution in [0.25, 0.3) is 11.3 Å². The number of aliphatic hydroxyl groups is 1. The first kappa shape index (κ1) is 35.6. The van der Waals surface area contributed by atoms with Crippen LogP contribution in [-0.2, 0) is 17.6 Å². The third-order valence-electron chi connectivity index (χ3n) is 8.29. The summed E-state index contributed by atoms with van der Waals surface area (Å²) >= 11 is 0. The van der Waals surface area contributed by atoms with E-state index in [9.17, 15) is 29.7 Å². The highest BCUT2D eigenvalue weighted by molar-refractivity contribution is 5.96. The number of carbonyl (C=O) groups is 3. The van der Waals surface area contributed by atoms with Gasteiger partial charge >= 0.3 is 6.09 Å². The number of rotatable bonds is 13. The quantitative estimate of drug-likeness (QED) is 0.115. The van der Waals surface area contributed by atoms with Gasteiger partial charge in [-0.25, -0.2) is 4.79 Å². The number of pyridine rings is 1. The lowest BCUT2D eigenvalue weighted by Gasteiger charge is -2.33. The number of carbonyl (C=O) groups excluding carboxylic acids is 2. The lowest BCUT2D eigenvalue weighted by atomic mass is 9.85. The van der Waals surface area contributed by atoms with Gasteiger partial charge in [0.1, 0.15) is 11.8 Å². The summed E-state index contributed by atoms with van der Waals surface area (Å²) in [6.45, 7) is 6.95. The van der Waals surface area contributed by atoms with Crippen LogP contribution in [0.5, 0.6) is 5.75 Å². The molecule has 4 aromatic rings. The van der Waals surface area contributed by atoms with E-state index in [1.165, 1.54) is 6.07 Å². The van der Waals surface area contributed by atoms with Gasteiger partial charge in [-0.3, -0.25) is 14.6 Å². The number of nitrogens with one attached hydrogen (secondary N) is 3. The van der Waals surface area contributed by atoms with Crippen molar-refractivity contribution in [3.05, 3.63) is 119 Å². The average molecular weight is 653 g/mol. The fourth-order valence-electron chi connectivity index (χ4n) is 5.63. The van der Waals surface area contributed by atoms with Gasteiger partial charge in [-0.1, -0.05) is 87.5 Å². The van der Waals surface area contributed by atoms with E-state index in [4.69, 9.17) is 0 Å². The summed E-state index contributed by atoms with van der Waals surface area (Å²) < 4.78 is 0. The van der Waals surface area contributed by atoms with Crippen molar-refractivity contribution < 1.29 is 29.7 Å². The molecule has 3 aromatic carbocycles. The molecular weight excluding hydrogens is 608 g/mol. The Hall–Kier alpha value is -5.22. The molecule has 252 valence electrons. The van der Waals surface area contributed by atoms with Gasteiger partial charge in [0.2, 0.25) is 5.91 Å². The van der Waals surface area contributed by atoms with E-state index >= 15 is 0 Å². The van der Waals surface area contributed by atoms with Crippen LogP contribution in [0.3, 0.4) is 0 Å². The fraction of sp³-hybridized carbons (Fsp3) is 0.316. The number of aromatic hydroxyl groups is 1. The van der Waals surface area contributed by atoms with Crippen molar-refractivity contribution >= 4 is 17.9 Å². The van der Waals surface area contributed by atoms with Crippen LogP contribution in [0.1, 0.15) is 54.2 Å². The van der Waals surface area contributed by atoms with E-state index in [0.717, 1.165) is 22.4 Å². The van der Waals surface area contributed by atoms with Gasteiger partial charge in [0.15, 0.2) is 0 Å². The number of hydrogen-bond acceptors (Lipinski definition) is 6. The summed E-state index contributed by atoms with van der Waals surface area (Å²) in [5, 5.41) is 39.7. The third kappa shape index (κ3) is 9.89. The van der Waals surface area contributed by atoms with E-state index in [1.807, 2.05) is 72.8 Å². The molecule has 4 atom stereocenters. The number of carboxylic acid groups (broad SMARTS) is 1. The van der Waals surface area contributed by atoms with Gasteiger partial charge in [-0.05, 0) is 67.0 Å². The molecule has 0 radical (unpaired) electrons. The SMILES string of the molecule is Cc1c(O)cccc1C(=O)N[C@@H](Cc1ccccc1)[C@@H](O)C[C@H](Cc1ccc(-c2ccccn2)cc1)NC(=O)[C@@H](NC(=O)O)C(C)(C)C. The molecular formula is C38H44N4O6. The molecule has 0 bridgehead atoms. The van der Waals surface area contributed by atoms with Gasteiger partial charge in [-0.15, -0.1) is 0 Å². The number of nitrogens with zero attached hydrogens (tertiary/aromatic N) is 1. The number of hydrogen-bond donors (Lipinski definition) is 6. The molecule has 0 spiro atoms. The number of benzene rings is 3. The largest absolute Gasteiger partial charge is 0.508 e. The zero-order valence-corrected chi connectivity index (χ0v) is 27.7. The van der Waals surface area contributed by atoms with Crippen LogP contribution >= 0.6 is 0 Å². The molecule has 6 N–H and O–H groups in total. The molecule has 1 heterocycles. The van der Waals surface area contributed by atoms with Gasteiger partial charge < -0.3 is 31.3 Å². The molecule has 10 heteroatoms. The predicted octanol–water partition coefficient (Wildman–Crippen LogP) is 5.26. The monoisotopic (exact) mass is 652 g/mol. The highest BCUT2D eigenvalue weighted by Crippen LogP contribution is 2.23. The summed E-state index contributed by atoms with van der Waals surface area (Å²) in [7, 11) is 0. The second-order valence-corrected chi connectivity index (χ2v) is 13.1. The van der Waals surface area contributed by atoms with Crippen LogP contribution in [-0.4, -0.2) is 62.4 Å². The minimum Gasteiger partial charge on any atom is -0.508 e. The Balaban J connectivity index is 1.62. The van der Waals surface area contributed by atoms with Crippen molar-refractivity contribution in [2.75, 3.05) is 0 Å². The second-order valence-electron chi connectivity index (χ2n) is 13.1. The summed E-state index contributed by atoms with van der Waals surface area (Å²) in [5.41, 5.74) is 3.47. The predicted molar refractivity (Wildman–Crippen MR) is 185 cm³/mol. The van der Waals surface area contributed by atoms with Crippen molar-refractivity contribution in [3.8, 4) is 17.0 Å². The Morgan fingerprint density at radius 2 is 1.46 bits per heavy atom. The molecule has 0 saturated carbocycles. The van der Waals surface area contributed by atoms with E-state index in [2.05, 4.69) is 20.9 Å². The Kier molecular flexibility index (Phi) is 11.9. The molecule has 0 aliphatic carbocycles. The minimum absolute atomic E-state index is 0.0111. The number of amides is 3. The molecule has 1 aromatic heterocycles. The van der Waals surface area contributed by atoms with Crippen LogP contribution in [0.4, 0.5) is 4.79 Å². The van der Waals surface area contributed by atoms with E-state index < -0.39 is 47.6 Å². The second kappa shape index (κ2) is 16.1. The Morgan fingerprint density at radius 3 is 2.08 bits per heavy atom. The molecule has 0 fully saturated rings. The van der Waals surface area contributed by atoms with Crippen molar-refractivity contribution in [2.24, 2.45) is 5.41 Å². The van der Waals surface area contributed by atoms with Crippen LogP contribution < -0.4 is 16.0 Å². The van der Waals surface area contributed by atoms with E-state index in [-0.39, 0.29) is 17.7 Å². The van der Waals surface area contributed by atoms with Crippen LogP contribution in [0, 0.1) is 12.3 Å². The van der Waals surface area contributed by atoms with E-state index in [1.54, 1.807) is 46.0 Å². The first-order chi connectivity index (χ1) is 22.8. The van der Waals surface area contributed by atoms with Crippen LogP contribution in [0.15, 0.2) is 97.2 Å². The van der Waals surface area contributed by atoms with Crippen molar-refractivity contribution in [1.82, 2.24) is 20.9 Å². The maximum Gasteiger partial charge on any atom is 0.405 e. The lowest BCUT2D eigenvalue weighted by Crippen LogP contribution is -2.56. The standard InChI is InChI=1S/C38H44N4O6/c1-24-29(13-10-15-32(24)43)35(45)41-31(22-25-11-6-5-7-12-25)33(44)23-28(40-36(46)34(38(2,3)4)42-37(47)48)21-26-16-18-27(19-17-26)30-14-8-9-20-39-30/h5-20,28,31,33-34,42-44H,21-23H2,1-4H3,(H,40,46)(H,41,45)(H,47,48)/t28-,31-,33-,34+/m0/s1. The fourth-order valence-corrected chi connectivity index (χ4v) is 5.63. The topological polar surface area (TPSA) is 161 Å². The molecule has 0 aliphatic rings. The molecule has 3 amide bonds. The zero-order chi connectivity index (χ0) is 34.8. The highest BCUT2D eigenvalue weighted by atomic mass is 16.4. The summed E-state index contributed by atoms with van der Waals surface area (Å²) in [6.07, 6.45) is -0.0399. The number of aliphatic hydroxyl groups excluding tert-OH is 1. The third-order valence-corrected chi connectivity index (χ3v) is 8.29. The van der Waals surface area contributed by atoms with Gasteiger partial charge in [0, 0.05) is 28.9 Å². The Bertz CT molecular complexity index is 1670. The number of phenolic OH excluding ortho intramolecular Hbond substituents is 1. The Labute approximate surface area is 281 Å². The minimum atomic E-state index is -1.32. The molecule has 48 heavy (non-hydrogen) atoms. The maximum absolute atomic E-state index is 13.6. The normalized spacial score (nSPS) is 13.9. The zero-order valence-electron chi connectivity index (χ0n) is 27.7. The van der Waals surface area contributed by atoms with Gasteiger partial charge in [-0.2, -0.15) is 0 Å². The number of aromatic nitrogens is 1. The smallest absolute Gasteiger partial charge is 0.405 e. The first-order valence-corrected chi connectivity index (χ1v) is 15.9. The van der Waals surface area contributed by atoms with Crippen molar-refractivity contribution in [3.63, 3.8) is 0 Å². The average Bonchev–Trinajstić information content (AvgIpc) is 3.05. The highest BCUT2D eigenvalue weighted by Gasteiger charge is 2.35. The Morgan fingerprint density at radius 1 is 0.792 bits per heavy atom. The lowest BCUT2D eigenvalue weighted by molar-refractivity contribution is -0.126. The number of phenols is 1. The molecule has 4 rings (SSSR count). The molecule has 0 aliphatic heterocycles. The van der Waals surface area contributed by atoms with Crippen molar-refractivity contribution in [1.29, 1.82) is 0 Å². The molecule has 0 unspecified atom stereocenters. The molecule has 0 saturated heterocycles. The van der Waals surface area contributed by atoms with Gasteiger partial charge in [0.25, 0.3) is 5.91 Å². The van der Waals surface area contributed by atoms with E-state index in [0.29, 0.717) is 18.4 Å².